The topological polar surface area (TPSA) is 90.2 Å². The Labute approximate surface area is 336 Å². The summed E-state index contributed by atoms with van der Waals surface area (Å²) in [4.78, 5) is 27.2. The van der Waals surface area contributed by atoms with Gasteiger partial charge in [0.05, 0.1) is 0 Å². The van der Waals surface area contributed by atoms with Crippen molar-refractivity contribution in [1.29, 1.82) is 0 Å². The molecule has 0 unspecified atom stereocenters. The van der Waals surface area contributed by atoms with Crippen molar-refractivity contribution < 1.29 is 0 Å². The molecule has 0 aliphatic carbocycles. The summed E-state index contributed by atoms with van der Waals surface area (Å²) in [5.74, 6) is 1.76. The van der Waals surface area contributed by atoms with E-state index < -0.39 is 0 Å². The fraction of sp³-hybridized carbons (Fsp3) is 0.511. The number of pyridine rings is 2. The molecule has 0 saturated heterocycles. The largest absolute Gasteiger partial charge is 0.265 e. The van der Waals surface area contributed by atoms with Gasteiger partial charge in [0.15, 0.2) is 0 Å². The van der Waals surface area contributed by atoms with E-state index in [-0.39, 0.29) is 7.43 Å². The second-order valence-corrected chi connectivity index (χ2v) is 8.90. The number of hydrogen-bond acceptors (Lipinski definition) is 7. The molecule has 0 saturated carbocycles. The molecule has 7 nitrogen and oxygen atoms in total. The Morgan fingerprint density at radius 1 is 0.352 bits per heavy atom. The van der Waals surface area contributed by atoms with Crippen molar-refractivity contribution in [2.45, 2.75) is 164 Å². The average Bonchev–Trinajstić information content (AvgIpc) is 3.29. The summed E-state index contributed by atoms with van der Waals surface area (Å²) in [6, 6.07) is 20.4. The molecule has 5 rings (SSSR count). The van der Waals surface area contributed by atoms with Crippen LogP contribution in [0.4, 0.5) is 0 Å². The van der Waals surface area contributed by atoms with Crippen molar-refractivity contribution in [1.82, 2.24) is 34.9 Å². The molecule has 7 heteroatoms. The van der Waals surface area contributed by atoms with Crippen LogP contribution < -0.4 is 0 Å². The predicted molar refractivity (Wildman–Crippen MR) is 243 cm³/mol. The molecule has 0 atom stereocenters. The molecule has 0 fully saturated rings. The predicted octanol–water partition coefficient (Wildman–Crippen LogP) is 14.2. The van der Waals surface area contributed by atoms with E-state index >= 15 is 0 Å². The Morgan fingerprint density at radius 2 is 0.741 bits per heavy atom. The molecule has 0 aliphatic rings. The van der Waals surface area contributed by atoms with Gasteiger partial charge in [-0.3, -0.25) is 9.97 Å². The average molecular weight is 748 g/mol. The van der Waals surface area contributed by atoms with Crippen LogP contribution in [-0.4, -0.2) is 34.9 Å². The Bertz CT molecular complexity index is 982. The molecule has 0 aliphatic heterocycles. The van der Waals surface area contributed by atoms with Gasteiger partial charge in [0.1, 0.15) is 24.3 Å². The molecule has 54 heavy (non-hydrogen) atoms. The highest BCUT2D eigenvalue weighted by Gasteiger charge is 1.85. The van der Waals surface area contributed by atoms with Crippen LogP contribution >= 0.6 is 0 Å². The first-order valence-electron chi connectivity index (χ1n) is 20.3. The van der Waals surface area contributed by atoms with Gasteiger partial charge < -0.3 is 0 Å². The summed E-state index contributed by atoms with van der Waals surface area (Å²) in [5.41, 5.74) is 4.06. The Balaban J connectivity index is -0.0000000945. The van der Waals surface area contributed by atoms with E-state index in [1.54, 1.807) is 18.6 Å². The molecule has 0 amide bonds. The van der Waals surface area contributed by atoms with Crippen LogP contribution in [0.15, 0.2) is 110 Å². The van der Waals surface area contributed by atoms with Crippen LogP contribution in [0, 0.1) is 0 Å². The third kappa shape index (κ3) is 49.7. The maximum absolute atomic E-state index is 3.99. The van der Waals surface area contributed by atoms with Crippen LogP contribution in [0.25, 0.3) is 0 Å². The van der Waals surface area contributed by atoms with Gasteiger partial charge in [0.2, 0.25) is 0 Å². The molecular formula is C47H85N7. The second-order valence-electron chi connectivity index (χ2n) is 8.90. The molecule has 0 spiro atoms. The molecule has 308 valence electrons. The van der Waals surface area contributed by atoms with Crippen molar-refractivity contribution >= 4 is 0 Å². The van der Waals surface area contributed by atoms with Crippen LogP contribution in [-0.2, 0) is 32.1 Å². The molecule has 0 radical (unpaired) electrons. The lowest BCUT2D eigenvalue weighted by atomic mass is 10.2. The van der Waals surface area contributed by atoms with E-state index in [0.717, 1.165) is 43.8 Å². The van der Waals surface area contributed by atoms with Gasteiger partial charge in [-0.15, -0.1) is 0 Å². The first kappa shape index (κ1) is 64.6. The summed E-state index contributed by atoms with van der Waals surface area (Å²) in [6.07, 6.45) is 20.2. The minimum Gasteiger partial charge on any atom is -0.265 e. The second kappa shape index (κ2) is 63.6. The van der Waals surface area contributed by atoms with Crippen molar-refractivity contribution in [2.75, 3.05) is 0 Å². The minimum absolute atomic E-state index is 0. The number of hydrogen-bond donors (Lipinski definition) is 0. The van der Waals surface area contributed by atoms with Crippen LogP contribution in [0.1, 0.15) is 160 Å². The number of aromatic nitrogens is 7. The third-order valence-corrected chi connectivity index (χ3v) is 5.34. The minimum atomic E-state index is 0. The van der Waals surface area contributed by atoms with E-state index in [1.165, 1.54) is 35.8 Å². The quantitative estimate of drug-likeness (QED) is 0.177. The fourth-order valence-corrected chi connectivity index (χ4v) is 2.90. The van der Waals surface area contributed by atoms with E-state index in [4.69, 9.17) is 0 Å². The third-order valence-electron chi connectivity index (χ3n) is 5.34. The van der Waals surface area contributed by atoms with Gasteiger partial charge in [-0.2, -0.15) is 0 Å². The summed E-state index contributed by atoms with van der Waals surface area (Å²) in [5, 5.41) is 0. The van der Waals surface area contributed by atoms with E-state index in [0.29, 0.717) is 0 Å². The Morgan fingerprint density at radius 3 is 1.02 bits per heavy atom. The fourth-order valence-electron chi connectivity index (χ4n) is 2.90. The van der Waals surface area contributed by atoms with Gasteiger partial charge in [0.25, 0.3) is 0 Å². The van der Waals surface area contributed by atoms with Gasteiger partial charge in [-0.05, 0) is 60.2 Å². The number of rotatable bonds is 5. The van der Waals surface area contributed by atoms with E-state index in [1.807, 2.05) is 132 Å². The van der Waals surface area contributed by atoms with Crippen molar-refractivity contribution in [3.05, 3.63) is 139 Å². The lowest BCUT2D eigenvalue weighted by molar-refractivity contribution is 0.896. The molecule has 5 aromatic rings. The van der Waals surface area contributed by atoms with E-state index in [2.05, 4.69) is 99.8 Å². The monoisotopic (exact) mass is 748 g/mol. The number of nitrogens with zero attached hydrogens (tertiary/aromatic N) is 7. The van der Waals surface area contributed by atoms with Crippen molar-refractivity contribution in [3.8, 4) is 0 Å². The molecule has 4 aromatic heterocycles. The normalized spacial score (nSPS) is 7.65. The summed E-state index contributed by atoms with van der Waals surface area (Å²) >= 11 is 0. The van der Waals surface area contributed by atoms with Crippen molar-refractivity contribution in [3.63, 3.8) is 0 Å². The molecular weight excluding hydrogens is 663 g/mol. The van der Waals surface area contributed by atoms with Gasteiger partial charge in [-0.25, -0.2) is 24.9 Å². The number of benzene rings is 1. The standard InChI is InChI=1S/C8H10.2C7H9N.C6H8N2.C5H7N3.C3H8.5C2H6.CH4/c1-2-8-6-4-3-5-7-8;1-2-7-3-5-8-6-4-7;1-2-7-4-3-5-8-6-7;1-2-6-7-4-3-5-8-6;1-2-5-7-3-6-4-8-5;1-3-2;5*1-2;/h3-7H,2H2,1H3;2*3-6H,2H2,1H3;3-5H,2H2,1H3;3-4H,2H2,1H3;3H2,1-2H3;5*1-2H3;1H4. The van der Waals surface area contributed by atoms with Crippen LogP contribution in [0.5, 0.6) is 0 Å². The highest BCUT2D eigenvalue weighted by molar-refractivity contribution is 5.14. The molecule has 4 heterocycles. The Hall–Kier alpha value is -4.39. The maximum atomic E-state index is 3.99. The first-order chi connectivity index (χ1) is 26.1. The zero-order valence-corrected chi connectivity index (χ0v) is 37.3. The van der Waals surface area contributed by atoms with Gasteiger partial charge >= 0.3 is 0 Å². The molecule has 1 aromatic carbocycles. The zero-order valence-electron chi connectivity index (χ0n) is 37.3. The zero-order chi connectivity index (χ0) is 41.8. The van der Waals surface area contributed by atoms with Crippen LogP contribution in [0.3, 0.4) is 0 Å². The molecule has 0 bridgehead atoms. The highest BCUT2D eigenvalue weighted by Crippen LogP contribution is 1.97. The summed E-state index contributed by atoms with van der Waals surface area (Å²) in [7, 11) is 0. The maximum Gasteiger partial charge on any atom is 0.131 e. The SMILES string of the molecule is C.CC.CC.CC.CC.CC.CCC.CCc1ccccc1.CCc1cccnc1.CCc1ccncc1.CCc1ncccn1.CCc1ncncn1. The van der Waals surface area contributed by atoms with Gasteiger partial charge in [0, 0.05) is 50.0 Å². The van der Waals surface area contributed by atoms with E-state index in [9.17, 15) is 0 Å². The summed E-state index contributed by atoms with van der Waals surface area (Å²) in [6.45, 7) is 34.7. The molecule has 0 N–H and O–H groups in total. The van der Waals surface area contributed by atoms with Crippen LogP contribution in [0.2, 0.25) is 0 Å². The Kier molecular flexibility index (Phi) is 76.1. The lowest BCUT2D eigenvalue weighted by Crippen LogP contribution is -1.90. The first-order valence-corrected chi connectivity index (χ1v) is 20.3. The van der Waals surface area contributed by atoms with Gasteiger partial charge in [-0.1, -0.05) is 168 Å². The smallest absolute Gasteiger partial charge is 0.131 e. The van der Waals surface area contributed by atoms with Crippen molar-refractivity contribution in [2.24, 2.45) is 0 Å². The number of aryl methyl sites for hydroxylation is 5. The summed E-state index contributed by atoms with van der Waals surface area (Å²) < 4.78 is 0. The highest BCUT2D eigenvalue weighted by atomic mass is 15.0. The lowest BCUT2D eigenvalue weighted by Gasteiger charge is -1.89.